The van der Waals surface area contributed by atoms with E-state index in [0.717, 1.165) is 0 Å². The van der Waals surface area contributed by atoms with Gasteiger partial charge in [-0.2, -0.15) is 0 Å². The molecule has 5 nitrogen and oxygen atoms in total. The van der Waals surface area contributed by atoms with E-state index in [1.807, 2.05) is 6.92 Å². The second kappa shape index (κ2) is 5.16. The summed E-state index contributed by atoms with van der Waals surface area (Å²) in [6.45, 7) is 3.41. The average Bonchev–Trinajstić information content (AvgIpc) is 2.45. The fraction of sp³-hybridized carbons (Fsp3) is 0.875. The Morgan fingerprint density at radius 2 is 2.54 bits per heavy atom. The maximum Gasteiger partial charge on any atom is 0.207 e. The topological polar surface area (TPSA) is 73.6 Å². The zero-order valence-corrected chi connectivity index (χ0v) is 7.73. The summed E-state index contributed by atoms with van der Waals surface area (Å²) in [5, 5.41) is 2.66. The summed E-state index contributed by atoms with van der Waals surface area (Å²) in [4.78, 5) is 10.2. The van der Waals surface area contributed by atoms with Crippen LogP contribution in [0.2, 0.25) is 0 Å². The first-order valence-electron chi connectivity index (χ1n) is 4.42. The Labute approximate surface area is 77.6 Å². The van der Waals surface area contributed by atoms with E-state index < -0.39 is 0 Å². The molecule has 0 spiro atoms. The molecule has 0 aromatic heterocycles. The van der Waals surface area contributed by atoms with E-state index >= 15 is 0 Å². The van der Waals surface area contributed by atoms with Crippen LogP contribution in [-0.4, -0.2) is 44.4 Å². The van der Waals surface area contributed by atoms with Gasteiger partial charge in [0.25, 0.3) is 0 Å². The van der Waals surface area contributed by atoms with Gasteiger partial charge in [-0.15, -0.1) is 0 Å². The molecule has 0 radical (unpaired) electrons. The van der Waals surface area contributed by atoms with Crippen molar-refractivity contribution in [1.29, 1.82) is 0 Å². The number of carbonyl (C=O) groups excluding carboxylic acids is 1. The predicted octanol–water partition coefficient (Wildman–Crippen LogP) is -1.14. The predicted molar refractivity (Wildman–Crippen MR) is 47.2 cm³/mol. The lowest BCUT2D eigenvalue weighted by molar-refractivity contribution is -0.111. The number of nitrogens with one attached hydrogen (secondary N) is 1. The largest absolute Gasteiger partial charge is 0.373 e. The molecule has 1 aliphatic heterocycles. The van der Waals surface area contributed by atoms with Crippen molar-refractivity contribution >= 4 is 6.41 Å². The Morgan fingerprint density at radius 3 is 3.15 bits per heavy atom. The quantitative estimate of drug-likeness (QED) is 0.535. The molecule has 0 saturated carbocycles. The Hall–Kier alpha value is -0.650. The second-order valence-corrected chi connectivity index (χ2v) is 3.05. The fourth-order valence-corrected chi connectivity index (χ4v) is 1.46. The summed E-state index contributed by atoms with van der Waals surface area (Å²) >= 11 is 0. The number of hydrogen-bond donors (Lipinski definition) is 2. The van der Waals surface area contributed by atoms with Gasteiger partial charge < -0.3 is 20.5 Å². The minimum absolute atomic E-state index is 0.0176. The molecule has 0 bridgehead atoms. The lowest BCUT2D eigenvalue weighted by atomic mass is 10.1. The van der Waals surface area contributed by atoms with Crippen molar-refractivity contribution in [1.82, 2.24) is 5.32 Å². The maximum atomic E-state index is 10.2. The molecule has 3 unspecified atom stereocenters. The molecule has 0 aromatic carbocycles. The molecule has 1 amide bonds. The van der Waals surface area contributed by atoms with Crippen LogP contribution in [0.1, 0.15) is 6.92 Å². The van der Waals surface area contributed by atoms with Crippen LogP contribution in [0.25, 0.3) is 0 Å². The summed E-state index contributed by atoms with van der Waals surface area (Å²) < 4.78 is 10.8. The highest BCUT2D eigenvalue weighted by Crippen LogP contribution is 2.16. The number of ether oxygens (including phenoxy) is 2. The summed E-state index contributed by atoms with van der Waals surface area (Å²) in [5.74, 6) is 0. The highest BCUT2D eigenvalue weighted by atomic mass is 16.6. The van der Waals surface area contributed by atoms with E-state index in [2.05, 4.69) is 5.32 Å². The molecule has 3 N–H and O–H groups in total. The molecular formula is C8H16N2O3. The van der Waals surface area contributed by atoms with Gasteiger partial charge in [-0.1, -0.05) is 0 Å². The van der Waals surface area contributed by atoms with Gasteiger partial charge in [-0.25, -0.2) is 0 Å². The normalized spacial score (nSPS) is 33.2. The number of rotatable bonds is 5. The average molecular weight is 188 g/mol. The van der Waals surface area contributed by atoms with Crippen molar-refractivity contribution in [2.75, 3.05) is 19.8 Å². The van der Waals surface area contributed by atoms with Gasteiger partial charge in [-0.3, -0.25) is 4.79 Å². The van der Waals surface area contributed by atoms with Crippen LogP contribution in [0.4, 0.5) is 0 Å². The monoisotopic (exact) mass is 188 g/mol. The first-order valence-corrected chi connectivity index (χ1v) is 4.42. The second-order valence-electron chi connectivity index (χ2n) is 3.05. The summed E-state index contributed by atoms with van der Waals surface area (Å²) in [6.07, 6.45) is 0.614. The molecule has 1 heterocycles. The van der Waals surface area contributed by atoms with E-state index in [1.165, 1.54) is 0 Å². The number of nitrogens with two attached hydrogens (primary N) is 1. The number of amides is 1. The van der Waals surface area contributed by atoms with Gasteiger partial charge in [-0.05, 0) is 6.92 Å². The van der Waals surface area contributed by atoms with Crippen molar-refractivity contribution in [2.24, 2.45) is 5.73 Å². The van der Waals surface area contributed by atoms with Gasteiger partial charge >= 0.3 is 0 Å². The first-order chi connectivity index (χ1) is 6.29. The number of carbonyl (C=O) groups is 1. The summed E-state index contributed by atoms with van der Waals surface area (Å²) in [6, 6.07) is -0.0425. The molecule has 1 rings (SSSR count). The van der Waals surface area contributed by atoms with Gasteiger partial charge in [0.15, 0.2) is 0 Å². The molecule has 13 heavy (non-hydrogen) atoms. The zero-order valence-electron chi connectivity index (χ0n) is 7.73. The van der Waals surface area contributed by atoms with E-state index in [4.69, 9.17) is 15.2 Å². The Morgan fingerprint density at radius 1 is 1.77 bits per heavy atom. The van der Waals surface area contributed by atoms with Crippen LogP contribution in [0.15, 0.2) is 0 Å². The van der Waals surface area contributed by atoms with E-state index in [9.17, 15) is 4.79 Å². The van der Waals surface area contributed by atoms with E-state index in [1.54, 1.807) is 0 Å². The van der Waals surface area contributed by atoms with Crippen molar-refractivity contribution in [2.45, 2.75) is 25.2 Å². The Kier molecular flexibility index (Phi) is 4.14. The lowest BCUT2D eigenvalue weighted by Gasteiger charge is -2.20. The van der Waals surface area contributed by atoms with Gasteiger partial charge in [0.05, 0.1) is 25.4 Å². The highest BCUT2D eigenvalue weighted by Gasteiger charge is 2.34. The zero-order chi connectivity index (χ0) is 9.68. The SMILES string of the molecule is CC1OCC(NC=O)C1OCCN. The summed E-state index contributed by atoms with van der Waals surface area (Å²) in [7, 11) is 0. The molecule has 1 aliphatic rings. The highest BCUT2D eigenvalue weighted by molar-refractivity contribution is 5.47. The molecule has 1 saturated heterocycles. The van der Waals surface area contributed by atoms with Crippen LogP contribution in [0.3, 0.4) is 0 Å². The van der Waals surface area contributed by atoms with Crippen molar-refractivity contribution in [3.63, 3.8) is 0 Å². The van der Waals surface area contributed by atoms with Crippen LogP contribution >= 0.6 is 0 Å². The van der Waals surface area contributed by atoms with Gasteiger partial charge in [0.2, 0.25) is 6.41 Å². The van der Waals surface area contributed by atoms with E-state index in [0.29, 0.717) is 26.2 Å². The molecule has 1 fully saturated rings. The third-order valence-corrected chi connectivity index (χ3v) is 2.11. The third-order valence-electron chi connectivity index (χ3n) is 2.11. The number of hydrogen-bond acceptors (Lipinski definition) is 4. The van der Waals surface area contributed by atoms with E-state index in [-0.39, 0.29) is 18.2 Å². The van der Waals surface area contributed by atoms with Crippen LogP contribution in [0, 0.1) is 0 Å². The van der Waals surface area contributed by atoms with Crippen molar-refractivity contribution in [3.8, 4) is 0 Å². The summed E-state index contributed by atoms with van der Waals surface area (Å²) in [5.41, 5.74) is 5.32. The molecule has 0 aliphatic carbocycles. The van der Waals surface area contributed by atoms with Crippen LogP contribution in [0.5, 0.6) is 0 Å². The van der Waals surface area contributed by atoms with Gasteiger partial charge in [0, 0.05) is 6.54 Å². The standard InChI is InChI=1S/C8H16N2O3/c1-6-8(12-3-2-9)7(4-13-6)10-5-11/h5-8H,2-4,9H2,1H3,(H,10,11). The lowest BCUT2D eigenvalue weighted by Crippen LogP contribution is -2.42. The van der Waals surface area contributed by atoms with Gasteiger partial charge in [0.1, 0.15) is 6.10 Å². The fourth-order valence-electron chi connectivity index (χ4n) is 1.46. The third kappa shape index (κ3) is 2.65. The Balaban J connectivity index is 2.39. The minimum Gasteiger partial charge on any atom is -0.373 e. The Bertz CT molecular complexity index is 165. The van der Waals surface area contributed by atoms with Crippen LogP contribution < -0.4 is 11.1 Å². The van der Waals surface area contributed by atoms with Crippen LogP contribution in [-0.2, 0) is 14.3 Å². The molecule has 0 aromatic rings. The minimum atomic E-state index is -0.0752. The molecule has 5 heteroatoms. The molecular weight excluding hydrogens is 172 g/mol. The van der Waals surface area contributed by atoms with Crippen molar-refractivity contribution < 1.29 is 14.3 Å². The maximum absolute atomic E-state index is 10.2. The smallest absolute Gasteiger partial charge is 0.207 e. The molecule has 3 atom stereocenters. The molecule has 76 valence electrons. The first kappa shape index (κ1) is 10.4. The van der Waals surface area contributed by atoms with Crippen molar-refractivity contribution in [3.05, 3.63) is 0 Å².